The van der Waals surface area contributed by atoms with Crippen molar-refractivity contribution in [2.24, 2.45) is 28.6 Å². The third kappa shape index (κ3) is 3.08. The summed E-state index contributed by atoms with van der Waals surface area (Å²) in [6.45, 7) is 7.09. The van der Waals surface area contributed by atoms with Crippen LogP contribution in [0, 0.1) is 28.6 Å². The smallest absolute Gasteiger partial charge is 0.306 e. The van der Waals surface area contributed by atoms with Gasteiger partial charge in [0.1, 0.15) is 6.01 Å². The van der Waals surface area contributed by atoms with Crippen molar-refractivity contribution in [2.75, 3.05) is 6.01 Å². The number of fused-ring (bicyclic) bond motifs is 5. The van der Waals surface area contributed by atoms with Gasteiger partial charge in [-0.3, -0.25) is 14.4 Å². The molecular weight excluding hydrogens is 450 g/mol. The number of aliphatic hydroxyl groups is 1. The van der Waals surface area contributed by atoms with Crippen LogP contribution in [-0.2, 0) is 19.1 Å². The van der Waals surface area contributed by atoms with Gasteiger partial charge in [0.2, 0.25) is 5.12 Å². The van der Waals surface area contributed by atoms with Crippen molar-refractivity contribution in [3.05, 3.63) is 23.8 Å². The van der Waals surface area contributed by atoms with Gasteiger partial charge in [0.15, 0.2) is 17.1 Å². The average Bonchev–Trinajstić information content (AvgIpc) is 3.04. The van der Waals surface area contributed by atoms with E-state index in [2.05, 4.69) is 0 Å². The molecule has 4 aliphatic carbocycles. The number of ketones is 1. The summed E-state index contributed by atoms with van der Waals surface area (Å²) in [6, 6.07) is -0.952. The van der Waals surface area contributed by atoms with Crippen LogP contribution >= 0.6 is 11.8 Å². The molecule has 4 rings (SSSR count). The zero-order chi connectivity index (χ0) is 24.4. The molecule has 8 atom stereocenters. The predicted molar refractivity (Wildman–Crippen MR) is 121 cm³/mol. The van der Waals surface area contributed by atoms with Gasteiger partial charge in [0.25, 0.3) is 0 Å². The van der Waals surface area contributed by atoms with Crippen LogP contribution in [0.25, 0.3) is 0 Å². The number of carbonyl (C=O) groups is 3. The number of thioether (sulfide) groups is 1. The van der Waals surface area contributed by atoms with Gasteiger partial charge in [-0.15, -0.1) is 0 Å². The highest BCUT2D eigenvalue weighted by molar-refractivity contribution is 8.13. The van der Waals surface area contributed by atoms with Crippen LogP contribution in [0.2, 0.25) is 0 Å². The number of aliphatic hydroxyl groups excluding tert-OH is 1. The summed E-state index contributed by atoms with van der Waals surface area (Å²) in [7, 11) is 0. The minimum atomic E-state index is -2.05. The molecule has 5 nitrogen and oxygen atoms in total. The Balaban J connectivity index is 1.83. The van der Waals surface area contributed by atoms with Gasteiger partial charge in [0, 0.05) is 23.2 Å². The molecule has 0 saturated heterocycles. The van der Waals surface area contributed by atoms with Gasteiger partial charge in [-0.2, -0.15) is 0 Å². The molecular formula is C25H32F2O5S. The second-order valence-electron chi connectivity index (χ2n) is 10.5. The van der Waals surface area contributed by atoms with Crippen LogP contribution < -0.4 is 0 Å². The van der Waals surface area contributed by atoms with E-state index in [0.29, 0.717) is 30.2 Å². The Morgan fingerprint density at radius 3 is 2.64 bits per heavy atom. The highest BCUT2D eigenvalue weighted by atomic mass is 32.2. The molecule has 0 spiro atoms. The third-order valence-corrected chi connectivity index (χ3v) is 9.88. The van der Waals surface area contributed by atoms with Crippen molar-refractivity contribution in [3.63, 3.8) is 0 Å². The number of hydrogen-bond acceptors (Lipinski definition) is 6. The Labute approximate surface area is 197 Å². The molecule has 33 heavy (non-hydrogen) atoms. The molecule has 0 amide bonds. The van der Waals surface area contributed by atoms with Gasteiger partial charge < -0.3 is 9.84 Å². The fourth-order valence-corrected chi connectivity index (χ4v) is 8.27. The number of esters is 1. The molecule has 182 valence electrons. The van der Waals surface area contributed by atoms with E-state index in [0.717, 1.165) is 0 Å². The first kappa shape index (κ1) is 24.6. The molecule has 0 aromatic heterocycles. The molecule has 0 aliphatic heterocycles. The van der Waals surface area contributed by atoms with Gasteiger partial charge in [-0.1, -0.05) is 32.4 Å². The summed E-state index contributed by atoms with van der Waals surface area (Å²) in [5, 5.41) is 10.8. The predicted octanol–water partition coefficient (Wildman–Crippen LogP) is 4.48. The van der Waals surface area contributed by atoms with Gasteiger partial charge >= 0.3 is 5.97 Å². The van der Waals surface area contributed by atoms with E-state index in [-0.39, 0.29) is 36.9 Å². The monoisotopic (exact) mass is 482 g/mol. The van der Waals surface area contributed by atoms with Crippen LogP contribution in [-0.4, -0.2) is 45.4 Å². The topological polar surface area (TPSA) is 80.7 Å². The largest absolute Gasteiger partial charge is 0.449 e. The summed E-state index contributed by atoms with van der Waals surface area (Å²) < 4.78 is 36.3. The summed E-state index contributed by atoms with van der Waals surface area (Å²) in [5.41, 5.74) is -5.17. The average molecular weight is 483 g/mol. The van der Waals surface area contributed by atoms with E-state index >= 15 is 4.39 Å². The SMILES string of the molecule is CCC(=O)O[C@]1(C(=O)SCF)CC[C@H]2C3CC(C)C4=CC(=O)C=CC4(C)[C@@]3(F)C(O)CC21C. The first-order chi connectivity index (χ1) is 15.4. The minimum Gasteiger partial charge on any atom is -0.449 e. The van der Waals surface area contributed by atoms with Crippen LogP contribution in [0.3, 0.4) is 0 Å². The van der Waals surface area contributed by atoms with Crippen LogP contribution in [0.15, 0.2) is 23.8 Å². The standard InChI is InChI=1S/C25H32F2O5S/c1-5-20(30)32-24(21(31)33-13-26)9-7-16-18-10-14(2)17-11-15(28)6-8-22(17,3)25(18,27)19(29)12-23(16,24)4/h6,8,11,14,16,18-19,29H,5,7,9-10,12-13H2,1-4H3/t14?,16-,18?,19?,22?,23?,24-,25-/m0/s1. The van der Waals surface area contributed by atoms with E-state index in [9.17, 15) is 23.9 Å². The quantitative estimate of drug-likeness (QED) is 0.595. The maximum Gasteiger partial charge on any atom is 0.306 e. The third-order valence-electron chi connectivity index (χ3n) is 9.18. The van der Waals surface area contributed by atoms with Crippen molar-refractivity contribution in [1.29, 1.82) is 0 Å². The molecule has 1 N–H and O–H groups in total. The molecule has 0 bridgehead atoms. The summed E-state index contributed by atoms with van der Waals surface area (Å²) in [6.07, 6.45) is 3.95. The summed E-state index contributed by atoms with van der Waals surface area (Å²) in [5.74, 6) is -1.83. The molecule has 4 aliphatic rings. The Bertz CT molecular complexity index is 949. The Morgan fingerprint density at radius 2 is 2.00 bits per heavy atom. The lowest BCUT2D eigenvalue weighted by atomic mass is 9.43. The maximum atomic E-state index is 17.3. The van der Waals surface area contributed by atoms with Crippen LogP contribution in [0.1, 0.15) is 59.8 Å². The van der Waals surface area contributed by atoms with Crippen LogP contribution in [0.4, 0.5) is 8.78 Å². The number of rotatable bonds is 4. The van der Waals surface area contributed by atoms with Gasteiger partial charge in [-0.05, 0) is 68.4 Å². The minimum absolute atomic E-state index is 0.0528. The Hall–Kier alpha value is -1.54. The van der Waals surface area contributed by atoms with Crippen molar-refractivity contribution in [3.8, 4) is 0 Å². The zero-order valence-electron chi connectivity index (χ0n) is 19.5. The highest BCUT2D eigenvalue weighted by Gasteiger charge is 2.76. The van der Waals surface area contributed by atoms with E-state index in [1.807, 2.05) is 6.92 Å². The van der Waals surface area contributed by atoms with Crippen molar-refractivity contribution in [2.45, 2.75) is 77.2 Å². The van der Waals surface area contributed by atoms with Gasteiger partial charge in [-0.25, -0.2) is 8.78 Å². The lowest BCUT2D eigenvalue weighted by molar-refractivity contribution is -0.225. The van der Waals surface area contributed by atoms with Crippen molar-refractivity contribution in [1.82, 2.24) is 0 Å². The molecule has 3 fully saturated rings. The maximum absolute atomic E-state index is 17.3. The molecule has 0 aromatic carbocycles. The number of carbonyl (C=O) groups excluding carboxylic acids is 3. The molecule has 5 unspecified atom stereocenters. The summed E-state index contributed by atoms with van der Waals surface area (Å²) >= 11 is 0.466. The van der Waals surface area contributed by atoms with Crippen molar-refractivity contribution < 1.29 is 33.0 Å². The zero-order valence-corrected chi connectivity index (χ0v) is 20.3. The lowest BCUT2D eigenvalue weighted by Gasteiger charge is -2.63. The second kappa shape index (κ2) is 8.01. The lowest BCUT2D eigenvalue weighted by Crippen LogP contribution is -2.70. The first-order valence-electron chi connectivity index (χ1n) is 11.7. The molecule has 8 heteroatoms. The molecule has 0 radical (unpaired) electrons. The number of allylic oxidation sites excluding steroid dienone is 4. The highest BCUT2D eigenvalue weighted by Crippen LogP contribution is 2.71. The Kier molecular flexibility index (Phi) is 5.96. The van der Waals surface area contributed by atoms with E-state index in [1.165, 1.54) is 12.2 Å². The first-order valence-corrected chi connectivity index (χ1v) is 12.7. The van der Waals surface area contributed by atoms with Crippen LogP contribution in [0.5, 0.6) is 0 Å². The van der Waals surface area contributed by atoms with Gasteiger partial charge in [0.05, 0.1) is 6.10 Å². The number of halogens is 2. The number of alkyl halides is 2. The number of hydrogen-bond donors (Lipinski definition) is 1. The fraction of sp³-hybridized carbons (Fsp3) is 0.720. The Morgan fingerprint density at radius 1 is 1.30 bits per heavy atom. The molecule has 0 aromatic rings. The number of ether oxygens (including phenoxy) is 1. The van der Waals surface area contributed by atoms with E-state index in [1.54, 1.807) is 26.8 Å². The van der Waals surface area contributed by atoms with E-state index in [4.69, 9.17) is 4.74 Å². The van der Waals surface area contributed by atoms with Crippen molar-refractivity contribution >= 4 is 28.6 Å². The second-order valence-corrected chi connectivity index (χ2v) is 11.4. The molecule has 3 saturated carbocycles. The normalized spacial score (nSPS) is 46.2. The molecule has 0 heterocycles. The van der Waals surface area contributed by atoms with E-state index < -0.39 is 51.2 Å². The fourth-order valence-electron chi connectivity index (χ4n) is 7.57. The summed E-state index contributed by atoms with van der Waals surface area (Å²) in [4.78, 5) is 37.7.